The summed E-state index contributed by atoms with van der Waals surface area (Å²) in [7, 11) is -4.14. The van der Waals surface area contributed by atoms with Crippen LogP contribution in [0.1, 0.15) is 43.9 Å². The van der Waals surface area contributed by atoms with Gasteiger partial charge in [0.1, 0.15) is 12.6 Å². The number of hydrogen-bond donors (Lipinski definition) is 1. The summed E-state index contributed by atoms with van der Waals surface area (Å²) in [5.74, 6) is -0.920. The number of halogens is 2. The second kappa shape index (κ2) is 13.5. The van der Waals surface area contributed by atoms with E-state index < -0.39 is 28.5 Å². The fraction of sp³-hybridized carbons (Fsp3) is 0.333. The van der Waals surface area contributed by atoms with E-state index in [4.69, 9.17) is 23.2 Å². The molecule has 0 aliphatic carbocycles. The summed E-state index contributed by atoms with van der Waals surface area (Å²) in [5, 5.41) is 3.55. The first kappa shape index (κ1) is 31.5. The highest BCUT2D eigenvalue weighted by molar-refractivity contribution is 7.92. The summed E-state index contributed by atoms with van der Waals surface area (Å²) >= 11 is 12.9. The van der Waals surface area contributed by atoms with Gasteiger partial charge < -0.3 is 10.2 Å². The van der Waals surface area contributed by atoms with Crippen molar-refractivity contribution < 1.29 is 18.0 Å². The van der Waals surface area contributed by atoms with Gasteiger partial charge in [0.05, 0.1) is 10.6 Å². The molecule has 0 aromatic heterocycles. The van der Waals surface area contributed by atoms with Crippen molar-refractivity contribution in [3.8, 4) is 0 Å². The molecule has 3 rings (SSSR count). The second-order valence-corrected chi connectivity index (χ2v) is 12.6. The lowest BCUT2D eigenvalue weighted by Gasteiger charge is -2.34. The van der Waals surface area contributed by atoms with Gasteiger partial charge in [0.15, 0.2) is 0 Å². The number of hydrogen-bond acceptors (Lipinski definition) is 4. The number of rotatable bonds is 11. The van der Waals surface area contributed by atoms with Crippen LogP contribution < -0.4 is 9.62 Å². The molecule has 7 nitrogen and oxygen atoms in total. The Morgan fingerprint density at radius 3 is 2.05 bits per heavy atom. The highest BCUT2D eigenvalue weighted by atomic mass is 35.5. The Hall–Kier alpha value is -3.07. The lowest BCUT2D eigenvalue weighted by molar-refractivity contribution is -0.140. The van der Waals surface area contributed by atoms with Gasteiger partial charge in [-0.3, -0.25) is 13.9 Å². The van der Waals surface area contributed by atoms with Crippen LogP contribution in [-0.4, -0.2) is 43.8 Å². The average Bonchev–Trinajstić information content (AvgIpc) is 2.88. The SMILES string of the molecule is CC[C@H](C(=O)NC(C)C)N(Cc1c(Cl)cccc1Cl)C(=O)CN(c1cccc(C)c1)S(=O)(=O)c1ccc(C)cc1. The quantitative estimate of drug-likeness (QED) is 0.285. The van der Waals surface area contributed by atoms with Crippen LogP contribution in [0.25, 0.3) is 0 Å². The molecular formula is C30H35Cl2N3O4S. The molecule has 1 atom stereocenters. The zero-order chi connectivity index (χ0) is 29.6. The Labute approximate surface area is 247 Å². The highest BCUT2D eigenvalue weighted by Gasteiger charge is 2.34. The third-order valence-corrected chi connectivity index (χ3v) is 8.88. The molecule has 1 N–H and O–H groups in total. The number of benzene rings is 3. The Morgan fingerprint density at radius 1 is 0.900 bits per heavy atom. The van der Waals surface area contributed by atoms with Gasteiger partial charge in [-0.15, -0.1) is 0 Å². The minimum Gasteiger partial charge on any atom is -0.352 e. The van der Waals surface area contributed by atoms with Crippen molar-refractivity contribution in [3.63, 3.8) is 0 Å². The third kappa shape index (κ3) is 7.56. The molecule has 3 aromatic carbocycles. The van der Waals surface area contributed by atoms with E-state index in [-0.39, 0.29) is 23.4 Å². The van der Waals surface area contributed by atoms with Crippen molar-refractivity contribution in [2.75, 3.05) is 10.8 Å². The summed E-state index contributed by atoms with van der Waals surface area (Å²) in [6.45, 7) is 8.55. The van der Waals surface area contributed by atoms with Crippen molar-refractivity contribution in [2.24, 2.45) is 0 Å². The molecule has 0 radical (unpaired) electrons. The van der Waals surface area contributed by atoms with E-state index >= 15 is 0 Å². The molecule has 40 heavy (non-hydrogen) atoms. The molecule has 0 bridgehead atoms. The number of nitrogens with zero attached hydrogens (tertiary/aromatic N) is 2. The summed E-state index contributed by atoms with van der Waals surface area (Å²) in [5.41, 5.74) is 2.54. The number of amides is 2. The summed E-state index contributed by atoms with van der Waals surface area (Å²) in [6, 6.07) is 17.3. The standard InChI is InChI=1S/C30H35Cl2N3O4S/c1-6-28(30(37)33-20(2)3)34(18-25-26(31)11-8-12-27(25)32)29(36)19-35(23-10-7-9-22(5)17-23)40(38,39)24-15-13-21(4)14-16-24/h7-17,20,28H,6,18-19H2,1-5H3,(H,33,37)/t28-/m1/s1. The minimum absolute atomic E-state index is 0.0534. The van der Waals surface area contributed by atoms with Crippen LogP contribution in [0.15, 0.2) is 71.6 Å². The molecule has 0 aliphatic heterocycles. The van der Waals surface area contributed by atoms with Crippen molar-refractivity contribution >= 4 is 50.7 Å². The second-order valence-electron chi connectivity index (χ2n) is 9.97. The van der Waals surface area contributed by atoms with Crippen LogP contribution in [0.5, 0.6) is 0 Å². The molecule has 10 heteroatoms. The van der Waals surface area contributed by atoms with Crippen LogP contribution in [0.4, 0.5) is 5.69 Å². The lowest BCUT2D eigenvalue weighted by atomic mass is 10.1. The summed E-state index contributed by atoms with van der Waals surface area (Å²) in [6.07, 6.45) is 0.293. The molecule has 0 aliphatic rings. The first-order valence-electron chi connectivity index (χ1n) is 13.0. The maximum atomic E-state index is 14.1. The van der Waals surface area contributed by atoms with Crippen LogP contribution in [0.3, 0.4) is 0 Å². The van der Waals surface area contributed by atoms with Crippen LogP contribution in [-0.2, 0) is 26.2 Å². The van der Waals surface area contributed by atoms with Crippen molar-refractivity contribution in [3.05, 3.63) is 93.5 Å². The van der Waals surface area contributed by atoms with Gasteiger partial charge in [-0.05, 0) is 76.1 Å². The molecule has 3 aromatic rings. The largest absolute Gasteiger partial charge is 0.352 e. The number of carbonyl (C=O) groups is 2. The van der Waals surface area contributed by atoms with Crippen LogP contribution >= 0.6 is 23.2 Å². The number of anilines is 1. The minimum atomic E-state index is -4.14. The topological polar surface area (TPSA) is 86.8 Å². The zero-order valence-corrected chi connectivity index (χ0v) is 25.6. The first-order valence-corrected chi connectivity index (χ1v) is 15.2. The number of carbonyl (C=O) groups excluding carboxylic acids is 2. The smallest absolute Gasteiger partial charge is 0.264 e. The fourth-order valence-corrected chi connectivity index (χ4v) is 6.23. The van der Waals surface area contributed by atoms with Gasteiger partial charge in [0.2, 0.25) is 11.8 Å². The lowest BCUT2D eigenvalue weighted by Crippen LogP contribution is -2.53. The van der Waals surface area contributed by atoms with Crippen molar-refractivity contribution in [1.82, 2.24) is 10.2 Å². The van der Waals surface area contributed by atoms with E-state index in [2.05, 4.69) is 5.32 Å². The molecule has 0 unspecified atom stereocenters. The van der Waals surface area contributed by atoms with Crippen molar-refractivity contribution in [2.45, 2.75) is 64.6 Å². The molecule has 0 fully saturated rings. The monoisotopic (exact) mass is 603 g/mol. The predicted octanol–water partition coefficient (Wildman–Crippen LogP) is 6.14. The Morgan fingerprint density at radius 2 is 1.50 bits per heavy atom. The predicted molar refractivity (Wildman–Crippen MR) is 161 cm³/mol. The maximum absolute atomic E-state index is 14.1. The van der Waals surface area contributed by atoms with Crippen LogP contribution in [0.2, 0.25) is 10.0 Å². The molecule has 214 valence electrons. The molecule has 0 saturated heterocycles. The molecule has 0 spiro atoms. The van der Waals surface area contributed by atoms with E-state index in [0.29, 0.717) is 27.7 Å². The van der Waals surface area contributed by atoms with E-state index in [1.54, 1.807) is 55.5 Å². The Kier molecular flexibility index (Phi) is 10.6. The molecule has 0 heterocycles. The molecular weight excluding hydrogens is 569 g/mol. The molecule has 0 saturated carbocycles. The van der Waals surface area contributed by atoms with Crippen molar-refractivity contribution in [1.29, 1.82) is 0 Å². The van der Waals surface area contributed by atoms with E-state index in [1.807, 2.05) is 33.8 Å². The maximum Gasteiger partial charge on any atom is 0.264 e. The van der Waals surface area contributed by atoms with E-state index in [1.165, 1.54) is 17.0 Å². The fourth-order valence-electron chi connectivity index (χ4n) is 4.30. The zero-order valence-electron chi connectivity index (χ0n) is 23.3. The van der Waals surface area contributed by atoms with Gasteiger partial charge in [-0.1, -0.05) is 66.0 Å². The van der Waals surface area contributed by atoms with E-state index in [0.717, 1.165) is 15.4 Å². The first-order chi connectivity index (χ1) is 18.8. The average molecular weight is 605 g/mol. The normalized spacial score (nSPS) is 12.2. The number of sulfonamides is 1. The van der Waals surface area contributed by atoms with Crippen LogP contribution in [0, 0.1) is 13.8 Å². The highest BCUT2D eigenvalue weighted by Crippen LogP contribution is 2.29. The van der Waals surface area contributed by atoms with Gasteiger partial charge >= 0.3 is 0 Å². The number of nitrogens with one attached hydrogen (secondary N) is 1. The summed E-state index contributed by atoms with van der Waals surface area (Å²) in [4.78, 5) is 28.8. The Balaban J connectivity index is 2.11. The van der Waals surface area contributed by atoms with Gasteiger partial charge in [0, 0.05) is 28.2 Å². The van der Waals surface area contributed by atoms with Gasteiger partial charge in [-0.2, -0.15) is 0 Å². The summed E-state index contributed by atoms with van der Waals surface area (Å²) < 4.78 is 28.9. The third-order valence-electron chi connectivity index (χ3n) is 6.38. The van der Waals surface area contributed by atoms with Gasteiger partial charge in [-0.25, -0.2) is 8.42 Å². The Bertz CT molecular complexity index is 1440. The van der Waals surface area contributed by atoms with Gasteiger partial charge in [0.25, 0.3) is 10.0 Å². The van der Waals surface area contributed by atoms with E-state index in [9.17, 15) is 18.0 Å². The number of aryl methyl sites for hydroxylation is 2. The molecule has 2 amide bonds.